The molecule has 2 amide bonds. The summed E-state index contributed by atoms with van der Waals surface area (Å²) in [5.74, 6) is -0.328. The van der Waals surface area contributed by atoms with Crippen LogP contribution in [0.3, 0.4) is 0 Å². The van der Waals surface area contributed by atoms with Crippen molar-refractivity contribution < 1.29 is 9.59 Å². The van der Waals surface area contributed by atoms with Crippen LogP contribution in [0.4, 0.5) is 5.69 Å². The zero-order valence-electron chi connectivity index (χ0n) is 11.8. The van der Waals surface area contributed by atoms with Crippen LogP contribution in [0.5, 0.6) is 0 Å². The molecule has 0 bridgehead atoms. The van der Waals surface area contributed by atoms with Crippen molar-refractivity contribution in [2.75, 3.05) is 5.32 Å². The highest BCUT2D eigenvalue weighted by Crippen LogP contribution is 2.28. The minimum atomic E-state index is -0.207. The Labute approximate surface area is 123 Å². The Kier molecular flexibility index (Phi) is 3.44. The molecule has 0 radical (unpaired) electrons. The highest BCUT2D eigenvalue weighted by Gasteiger charge is 2.25. The fraction of sp³-hybridized carbons (Fsp3) is 0.176. The second-order valence-corrected chi connectivity index (χ2v) is 4.98. The smallest absolute Gasteiger partial charge is 0.255 e. The largest absolute Gasteiger partial charge is 0.348 e. The average molecular weight is 280 g/mol. The van der Waals surface area contributed by atoms with Gasteiger partial charge in [0, 0.05) is 12.1 Å². The van der Waals surface area contributed by atoms with E-state index in [1.165, 1.54) is 0 Å². The highest BCUT2D eigenvalue weighted by atomic mass is 16.2. The number of carbonyl (C=O) groups is 2. The Bertz CT molecular complexity index is 708. The fourth-order valence-electron chi connectivity index (χ4n) is 2.63. The molecule has 106 valence electrons. The molecule has 1 aliphatic heterocycles. The number of aryl methyl sites for hydroxylation is 1. The van der Waals surface area contributed by atoms with Crippen molar-refractivity contribution >= 4 is 17.5 Å². The molecule has 1 aliphatic rings. The molecule has 3 rings (SSSR count). The molecule has 0 unspecified atom stereocenters. The molecule has 4 heteroatoms. The highest BCUT2D eigenvalue weighted by molar-refractivity contribution is 6.10. The van der Waals surface area contributed by atoms with E-state index >= 15 is 0 Å². The Hall–Kier alpha value is -2.62. The average Bonchev–Trinajstić information content (AvgIpc) is 2.91. The molecular weight excluding hydrogens is 264 g/mol. The summed E-state index contributed by atoms with van der Waals surface area (Å²) in [6.07, 6.45) is 0.865. The standard InChI is InChI=1S/C17H16N2O2/c1-2-11-8-9-14(15-13(11)10-18-17(15)21)19-16(20)12-6-4-3-5-7-12/h3-9H,2,10H2,1H3,(H,18,21)(H,19,20). The molecule has 0 spiro atoms. The fourth-order valence-corrected chi connectivity index (χ4v) is 2.63. The molecule has 2 aromatic carbocycles. The summed E-state index contributed by atoms with van der Waals surface area (Å²) in [6, 6.07) is 12.8. The lowest BCUT2D eigenvalue weighted by molar-refractivity contribution is 0.0966. The van der Waals surface area contributed by atoms with Gasteiger partial charge in [0.15, 0.2) is 0 Å². The summed E-state index contributed by atoms with van der Waals surface area (Å²) in [5, 5.41) is 5.66. The van der Waals surface area contributed by atoms with Crippen LogP contribution < -0.4 is 10.6 Å². The maximum absolute atomic E-state index is 12.2. The Morgan fingerprint density at radius 2 is 1.95 bits per heavy atom. The van der Waals surface area contributed by atoms with Crippen LogP contribution in [0.25, 0.3) is 0 Å². The predicted molar refractivity (Wildman–Crippen MR) is 81.4 cm³/mol. The lowest BCUT2D eigenvalue weighted by atomic mass is 9.99. The predicted octanol–water partition coefficient (Wildman–Crippen LogP) is 2.74. The maximum atomic E-state index is 12.2. The van der Waals surface area contributed by atoms with Gasteiger partial charge in [-0.2, -0.15) is 0 Å². The molecule has 0 aliphatic carbocycles. The first kappa shape index (κ1) is 13.4. The van der Waals surface area contributed by atoms with Crippen molar-refractivity contribution in [3.63, 3.8) is 0 Å². The summed E-state index contributed by atoms with van der Waals surface area (Å²) in [7, 11) is 0. The van der Waals surface area contributed by atoms with Crippen LogP contribution in [0, 0.1) is 0 Å². The monoisotopic (exact) mass is 280 g/mol. The summed E-state index contributed by atoms with van der Waals surface area (Å²) < 4.78 is 0. The van der Waals surface area contributed by atoms with Gasteiger partial charge in [0.2, 0.25) is 0 Å². The first-order chi connectivity index (χ1) is 10.2. The Balaban J connectivity index is 1.96. The van der Waals surface area contributed by atoms with Crippen molar-refractivity contribution in [1.29, 1.82) is 0 Å². The number of hydrogen-bond donors (Lipinski definition) is 2. The molecule has 2 N–H and O–H groups in total. The van der Waals surface area contributed by atoms with Gasteiger partial charge in [0.05, 0.1) is 11.3 Å². The van der Waals surface area contributed by atoms with E-state index < -0.39 is 0 Å². The number of rotatable bonds is 3. The first-order valence-electron chi connectivity index (χ1n) is 7.00. The van der Waals surface area contributed by atoms with E-state index in [0.29, 0.717) is 23.4 Å². The first-order valence-corrected chi connectivity index (χ1v) is 7.00. The third-order valence-electron chi connectivity index (χ3n) is 3.73. The number of benzene rings is 2. The normalized spacial score (nSPS) is 12.7. The van der Waals surface area contributed by atoms with Gasteiger partial charge in [-0.25, -0.2) is 0 Å². The molecule has 4 nitrogen and oxygen atoms in total. The molecule has 0 saturated carbocycles. The van der Waals surface area contributed by atoms with E-state index in [1.54, 1.807) is 12.1 Å². The van der Waals surface area contributed by atoms with Crippen molar-refractivity contribution in [2.24, 2.45) is 0 Å². The third-order valence-corrected chi connectivity index (χ3v) is 3.73. The van der Waals surface area contributed by atoms with Gasteiger partial charge in [-0.1, -0.05) is 31.2 Å². The van der Waals surface area contributed by atoms with E-state index in [-0.39, 0.29) is 11.8 Å². The van der Waals surface area contributed by atoms with Gasteiger partial charge < -0.3 is 10.6 Å². The van der Waals surface area contributed by atoms with Crippen LogP contribution in [0.15, 0.2) is 42.5 Å². The van der Waals surface area contributed by atoms with E-state index in [2.05, 4.69) is 17.6 Å². The maximum Gasteiger partial charge on any atom is 0.255 e. The molecule has 0 aromatic heterocycles. The van der Waals surface area contributed by atoms with Gasteiger partial charge in [0.25, 0.3) is 11.8 Å². The molecule has 0 saturated heterocycles. The topological polar surface area (TPSA) is 58.2 Å². The number of fused-ring (bicyclic) bond motifs is 1. The second-order valence-electron chi connectivity index (χ2n) is 4.98. The summed E-state index contributed by atoms with van der Waals surface area (Å²) >= 11 is 0. The lowest BCUT2D eigenvalue weighted by Crippen LogP contribution is -2.17. The van der Waals surface area contributed by atoms with E-state index in [9.17, 15) is 9.59 Å². The van der Waals surface area contributed by atoms with Gasteiger partial charge >= 0.3 is 0 Å². The third kappa shape index (κ3) is 2.40. The van der Waals surface area contributed by atoms with Crippen molar-refractivity contribution in [3.05, 3.63) is 64.7 Å². The SMILES string of the molecule is CCc1ccc(NC(=O)c2ccccc2)c2c1CNC2=O. The summed E-state index contributed by atoms with van der Waals surface area (Å²) in [5.41, 5.74) is 3.88. The zero-order valence-corrected chi connectivity index (χ0v) is 11.8. The van der Waals surface area contributed by atoms with Gasteiger partial charge in [-0.15, -0.1) is 0 Å². The van der Waals surface area contributed by atoms with E-state index in [4.69, 9.17) is 0 Å². The number of carbonyl (C=O) groups excluding carboxylic acids is 2. The molecule has 2 aromatic rings. The molecular formula is C17H16N2O2. The number of nitrogens with one attached hydrogen (secondary N) is 2. The van der Waals surface area contributed by atoms with Crippen molar-refractivity contribution in [3.8, 4) is 0 Å². The summed E-state index contributed by atoms with van der Waals surface area (Å²) in [4.78, 5) is 24.2. The van der Waals surface area contributed by atoms with Crippen molar-refractivity contribution in [2.45, 2.75) is 19.9 Å². The quantitative estimate of drug-likeness (QED) is 0.908. The Morgan fingerprint density at radius 3 is 2.67 bits per heavy atom. The number of anilines is 1. The molecule has 0 fully saturated rings. The minimum Gasteiger partial charge on any atom is -0.348 e. The van der Waals surface area contributed by atoms with Gasteiger partial charge in [-0.3, -0.25) is 9.59 Å². The number of amides is 2. The van der Waals surface area contributed by atoms with Crippen molar-refractivity contribution in [1.82, 2.24) is 5.32 Å². The van der Waals surface area contributed by atoms with Gasteiger partial charge in [-0.05, 0) is 35.7 Å². The minimum absolute atomic E-state index is 0.122. The molecule has 0 atom stereocenters. The molecule has 21 heavy (non-hydrogen) atoms. The van der Waals surface area contributed by atoms with Crippen LogP contribution >= 0.6 is 0 Å². The summed E-state index contributed by atoms with van der Waals surface area (Å²) in [6.45, 7) is 2.59. The van der Waals surface area contributed by atoms with Crippen LogP contribution in [-0.2, 0) is 13.0 Å². The van der Waals surface area contributed by atoms with Crippen LogP contribution in [-0.4, -0.2) is 11.8 Å². The second kappa shape index (κ2) is 5.40. The van der Waals surface area contributed by atoms with E-state index in [0.717, 1.165) is 17.5 Å². The number of hydrogen-bond acceptors (Lipinski definition) is 2. The zero-order chi connectivity index (χ0) is 14.8. The van der Waals surface area contributed by atoms with E-state index in [1.807, 2.05) is 30.3 Å². The van der Waals surface area contributed by atoms with Gasteiger partial charge in [0.1, 0.15) is 0 Å². The lowest BCUT2D eigenvalue weighted by Gasteiger charge is -2.11. The van der Waals surface area contributed by atoms with Crippen LogP contribution in [0.2, 0.25) is 0 Å². The van der Waals surface area contributed by atoms with Crippen LogP contribution in [0.1, 0.15) is 38.8 Å². The Morgan fingerprint density at radius 1 is 1.19 bits per heavy atom. The molecule has 1 heterocycles.